The minimum Gasteiger partial charge on any atom is -0.481 e. The van der Waals surface area contributed by atoms with E-state index in [9.17, 15) is 4.79 Å². The molecule has 0 amide bonds. The maximum Gasteiger partial charge on any atom is 0.305 e. The van der Waals surface area contributed by atoms with E-state index < -0.39 is 5.97 Å². The van der Waals surface area contributed by atoms with Crippen LogP contribution in [0.2, 0.25) is 0 Å². The third-order valence-corrected chi connectivity index (χ3v) is 2.82. The maximum atomic E-state index is 10.9. The van der Waals surface area contributed by atoms with E-state index in [2.05, 4.69) is 0 Å². The number of aliphatic carboxylic acids is 1. The molecule has 1 heterocycles. The molecule has 0 aliphatic carbocycles. The van der Waals surface area contributed by atoms with E-state index in [1.807, 2.05) is 60.3 Å². The van der Waals surface area contributed by atoms with Crippen molar-refractivity contribution in [2.45, 2.75) is 19.4 Å². The van der Waals surface area contributed by atoms with E-state index in [-0.39, 0.29) is 12.5 Å². The quantitative estimate of drug-likeness (QED) is 0.875. The molecule has 0 aliphatic heterocycles. The van der Waals surface area contributed by atoms with Gasteiger partial charge in [-0.1, -0.05) is 29.8 Å². The van der Waals surface area contributed by atoms with Crippen LogP contribution >= 0.6 is 0 Å². The first kappa shape index (κ1) is 11.5. The number of rotatable bonds is 4. The second kappa shape index (κ2) is 4.87. The summed E-state index contributed by atoms with van der Waals surface area (Å²) in [7, 11) is 0. The summed E-state index contributed by atoms with van der Waals surface area (Å²) in [5, 5.41) is 8.99. The van der Waals surface area contributed by atoms with Crippen LogP contribution in [0.4, 0.5) is 0 Å². The second-order valence-electron chi connectivity index (χ2n) is 4.15. The van der Waals surface area contributed by atoms with E-state index in [0.29, 0.717) is 0 Å². The third-order valence-electron chi connectivity index (χ3n) is 2.82. The lowest BCUT2D eigenvalue weighted by Crippen LogP contribution is -2.13. The molecule has 2 aromatic rings. The Morgan fingerprint density at radius 2 is 1.82 bits per heavy atom. The molecule has 0 fully saturated rings. The minimum absolute atomic E-state index is 0.0950. The molecule has 1 unspecified atom stereocenters. The Hall–Kier alpha value is -2.03. The van der Waals surface area contributed by atoms with E-state index in [1.54, 1.807) is 0 Å². The van der Waals surface area contributed by atoms with Gasteiger partial charge in [0.25, 0.3) is 0 Å². The van der Waals surface area contributed by atoms with Gasteiger partial charge in [0, 0.05) is 12.4 Å². The Morgan fingerprint density at radius 3 is 2.35 bits per heavy atom. The number of hydrogen-bond acceptors (Lipinski definition) is 1. The van der Waals surface area contributed by atoms with E-state index in [4.69, 9.17) is 5.11 Å². The van der Waals surface area contributed by atoms with Crippen LogP contribution in [0.1, 0.15) is 23.6 Å². The SMILES string of the molecule is Cc1ccc(C(CC(=O)O)n2cccc2)cc1. The molecule has 88 valence electrons. The first-order valence-corrected chi connectivity index (χ1v) is 5.57. The highest BCUT2D eigenvalue weighted by atomic mass is 16.4. The summed E-state index contributed by atoms with van der Waals surface area (Å²) in [6.45, 7) is 2.02. The zero-order valence-electron chi connectivity index (χ0n) is 9.71. The molecular weight excluding hydrogens is 214 g/mol. The maximum absolute atomic E-state index is 10.9. The van der Waals surface area contributed by atoms with Crippen LogP contribution in [0.5, 0.6) is 0 Å². The van der Waals surface area contributed by atoms with Gasteiger partial charge in [0.05, 0.1) is 12.5 Å². The lowest BCUT2D eigenvalue weighted by molar-refractivity contribution is -0.137. The fourth-order valence-corrected chi connectivity index (χ4v) is 1.91. The summed E-state index contributed by atoms with van der Waals surface area (Å²) >= 11 is 0. The zero-order chi connectivity index (χ0) is 12.3. The minimum atomic E-state index is -0.788. The molecule has 1 atom stereocenters. The number of hydrogen-bond donors (Lipinski definition) is 1. The van der Waals surface area contributed by atoms with Crippen LogP contribution in [0.3, 0.4) is 0 Å². The van der Waals surface area contributed by atoms with Crippen LogP contribution in [-0.2, 0) is 4.79 Å². The van der Waals surface area contributed by atoms with E-state index in [0.717, 1.165) is 5.56 Å². The van der Waals surface area contributed by atoms with Crippen LogP contribution in [0.25, 0.3) is 0 Å². The molecule has 1 aromatic heterocycles. The third kappa shape index (κ3) is 2.75. The van der Waals surface area contributed by atoms with Crippen molar-refractivity contribution in [3.63, 3.8) is 0 Å². The number of benzene rings is 1. The monoisotopic (exact) mass is 229 g/mol. The van der Waals surface area contributed by atoms with E-state index >= 15 is 0 Å². The van der Waals surface area contributed by atoms with Crippen LogP contribution in [0, 0.1) is 6.92 Å². The van der Waals surface area contributed by atoms with Gasteiger partial charge in [-0.05, 0) is 24.6 Å². The zero-order valence-corrected chi connectivity index (χ0v) is 9.71. The molecule has 2 rings (SSSR count). The second-order valence-corrected chi connectivity index (χ2v) is 4.15. The van der Waals surface area contributed by atoms with Crippen molar-refractivity contribution in [3.05, 3.63) is 59.9 Å². The smallest absolute Gasteiger partial charge is 0.305 e. The van der Waals surface area contributed by atoms with Gasteiger partial charge in [0.1, 0.15) is 0 Å². The summed E-state index contributed by atoms with van der Waals surface area (Å²) in [5.41, 5.74) is 2.20. The van der Waals surface area contributed by atoms with Gasteiger partial charge in [-0.25, -0.2) is 0 Å². The van der Waals surface area contributed by atoms with Crippen molar-refractivity contribution in [1.82, 2.24) is 4.57 Å². The largest absolute Gasteiger partial charge is 0.481 e. The molecule has 0 radical (unpaired) electrons. The van der Waals surface area contributed by atoms with Crippen molar-refractivity contribution in [1.29, 1.82) is 0 Å². The molecule has 1 aromatic carbocycles. The first-order valence-electron chi connectivity index (χ1n) is 5.57. The molecule has 0 bridgehead atoms. The predicted molar refractivity (Wildman–Crippen MR) is 66.0 cm³/mol. The topological polar surface area (TPSA) is 42.2 Å². The summed E-state index contributed by atoms with van der Waals surface area (Å²) in [4.78, 5) is 10.9. The Balaban J connectivity index is 2.33. The van der Waals surface area contributed by atoms with Crippen molar-refractivity contribution < 1.29 is 9.90 Å². The van der Waals surface area contributed by atoms with Crippen LogP contribution in [-0.4, -0.2) is 15.6 Å². The highest BCUT2D eigenvalue weighted by Gasteiger charge is 2.16. The summed E-state index contributed by atoms with van der Waals surface area (Å²) in [6, 6.07) is 11.7. The molecule has 3 nitrogen and oxygen atoms in total. The first-order chi connectivity index (χ1) is 8.16. The van der Waals surface area contributed by atoms with Gasteiger partial charge < -0.3 is 9.67 Å². The summed E-state index contributed by atoms with van der Waals surface area (Å²) in [5.74, 6) is -0.788. The summed E-state index contributed by atoms with van der Waals surface area (Å²) in [6.07, 6.45) is 3.89. The molecule has 0 spiro atoms. The van der Waals surface area contributed by atoms with Crippen LogP contribution in [0.15, 0.2) is 48.8 Å². The lowest BCUT2D eigenvalue weighted by atomic mass is 10.0. The molecular formula is C14H15NO2. The molecule has 0 saturated carbocycles. The predicted octanol–water partition coefficient (Wildman–Crippen LogP) is 2.86. The summed E-state index contributed by atoms with van der Waals surface area (Å²) < 4.78 is 1.93. The number of carboxylic acid groups (broad SMARTS) is 1. The lowest BCUT2D eigenvalue weighted by Gasteiger charge is -2.17. The number of carboxylic acids is 1. The highest BCUT2D eigenvalue weighted by molar-refractivity contribution is 5.68. The van der Waals surface area contributed by atoms with Gasteiger partial charge in [-0.15, -0.1) is 0 Å². The fraction of sp³-hybridized carbons (Fsp3) is 0.214. The van der Waals surface area contributed by atoms with Crippen molar-refractivity contribution in [2.24, 2.45) is 0 Å². The van der Waals surface area contributed by atoms with Crippen molar-refractivity contribution in [3.8, 4) is 0 Å². The van der Waals surface area contributed by atoms with Crippen LogP contribution < -0.4 is 0 Å². The Bertz CT molecular complexity index is 485. The Labute approximate surface area is 100 Å². The van der Waals surface area contributed by atoms with Gasteiger partial charge in [-0.3, -0.25) is 4.79 Å². The fourth-order valence-electron chi connectivity index (χ4n) is 1.91. The molecule has 1 N–H and O–H groups in total. The number of nitrogens with zero attached hydrogens (tertiary/aromatic N) is 1. The molecule has 0 saturated heterocycles. The molecule has 0 aliphatic rings. The average Bonchev–Trinajstić information content (AvgIpc) is 2.80. The molecule has 3 heteroatoms. The van der Waals surface area contributed by atoms with Gasteiger partial charge >= 0.3 is 5.97 Å². The molecule has 17 heavy (non-hydrogen) atoms. The number of aryl methyl sites for hydroxylation is 1. The van der Waals surface area contributed by atoms with Gasteiger partial charge in [0.2, 0.25) is 0 Å². The van der Waals surface area contributed by atoms with Gasteiger partial charge in [0.15, 0.2) is 0 Å². The highest BCUT2D eigenvalue weighted by Crippen LogP contribution is 2.22. The van der Waals surface area contributed by atoms with E-state index in [1.165, 1.54) is 5.56 Å². The Morgan fingerprint density at radius 1 is 1.24 bits per heavy atom. The van der Waals surface area contributed by atoms with Crippen molar-refractivity contribution >= 4 is 5.97 Å². The normalized spacial score (nSPS) is 12.3. The standard InChI is InChI=1S/C14H15NO2/c1-11-4-6-12(7-5-11)13(10-14(16)17)15-8-2-3-9-15/h2-9,13H,10H2,1H3,(H,16,17). The number of carbonyl (C=O) groups is 1. The van der Waals surface area contributed by atoms with Gasteiger partial charge in [-0.2, -0.15) is 0 Å². The number of aromatic nitrogens is 1. The van der Waals surface area contributed by atoms with Crippen molar-refractivity contribution in [2.75, 3.05) is 0 Å². The average molecular weight is 229 g/mol. The Kier molecular flexibility index (Phi) is 3.28.